The highest BCUT2D eigenvalue weighted by Gasteiger charge is 2.16. The molecule has 46 valence electrons. The quantitative estimate of drug-likeness (QED) is 0.456. The average Bonchev–Trinajstić information content (AvgIpc) is 2.12. The first kappa shape index (κ1) is 6.11. The summed E-state index contributed by atoms with van der Waals surface area (Å²) in [5.41, 5.74) is 0. The Kier molecular flexibility index (Phi) is 1.92. The van der Waals surface area contributed by atoms with E-state index in [0.29, 0.717) is 6.04 Å². The zero-order valence-electron chi connectivity index (χ0n) is 5.55. The van der Waals surface area contributed by atoms with Crippen molar-refractivity contribution < 1.29 is 4.84 Å². The maximum atomic E-state index is 5.25. The van der Waals surface area contributed by atoms with Crippen LogP contribution in [0.5, 0.6) is 0 Å². The van der Waals surface area contributed by atoms with Gasteiger partial charge in [0, 0.05) is 6.04 Å². The van der Waals surface area contributed by atoms with Gasteiger partial charge in [-0.3, -0.25) is 0 Å². The molecular weight excluding hydrogens is 101 g/mol. The third-order valence-electron chi connectivity index (χ3n) is 1.36. The summed E-state index contributed by atoms with van der Waals surface area (Å²) < 4.78 is 0. The molecule has 0 amide bonds. The van der Waals surface area contributed by atoms with Gasteiger partial charge in [0.25, 0.3) is 0 Å². The molecule has 1 heterocycles. The van der Waals surface area contributed by atoms with Gasteiger partial charge in [-0.2, -0.15) is 0 Å². The fourth-order valence-electron chi connectivity index (χ4n) is 0.874. The van der Waals surface area contributed by atoms with E-state index in [2.05, 4.69) is 13.8 Å². The Bertz CT molecular complexity index is 70.8. The lowest BCUT2D eigenvalue weighted by atomic mass is 9.90. The smallest absolute Gasteiger partial charge is 0.241 e. The van der Waals surface area contributed by atoms with Crippen LogP contribution in [0.2, 0.25) is 6.32 Å². The lowest BCUT2D eigenvalue weighted by molar-refractivity contribution is -0.0817. The van der Waals surface area contributed by atoms with E-state index in [1.165, 1.54) is 6.32 Å². The number of hydrogen-bond acceptors (Lipinski definition) is 2. The molecule has 0 spiro atoms. The number of hydroxylamine groups is 1. The Morgan fingerprint density at radius 3 is 2.62 bits per heavy atom. The second kappa shape index (κ2) is 2.51. The topological polar surface area (TPSA) is 12.5 Å². The molecule has 2 nitrogen and oxygen atoms in total. The number of nitrogens with zero attached hydrogens (tertiary/aromatic N) is 1. The van der Waals surface area contributed by atoms with Crippen LogP contribution in [0.4, 0.5) is 0 Å². The highest BCUT2D eigenvalue weighted by atomic mass is 16.7. The minimum atomic E-state index is 0.553. The molecule has 8 heavy (non-hydrogen) atoms. The van der Waals surface area contributed by atoms with E-state index < -0.39 is 0 Å². The molecule has 0 saturated carbocycles. The summed E-state index contributed by atoms with van der Waals surface area (Å²) in [6.07, 6.45) is 1.19. The van der Waals surface area contributed by atoms with Crippen molar-refractivity contribution in [3.63, 3.8) is 0 Å². The largest absolute Gasteiger partial charge is 0.311 e. The summed E-state index contributed by atoms with van der Waals surface area (Å²) in [6.45, 7) is 5.20. The predicted molar refractivity (Wildman–Crippen MR) is 34.9 cm³/mol. The van der Waals surface area contributed by atoms with E-state index in [4.69, 9.17) is 4.84 Å². The van der Waals surface area contributed by atoms with Gasteiger partial charge in [0.2, 0.25) is 7.41 Å². The summed E-state index contributed by atoms with van der Waals surface area (Å²) in [5.74, 6) is 0. The monoisotopic (exact) mass is 113 g/mol. The van der Waals surface area contributed by atoms with E-state index in [1.807, 2.05) is 4.97 Å². The van der Waals surface area contributed by atoms with E-state index in [9.17, 15) is 0 Å². The fraction of sp³-hybridized carbons (Fsp3) is 1.00. The molecule has 1 aliphatic heterocycles. The van der Waals surface area contributed by atoms with Crippen molar-refractivity contribution in [1.82, 2.24) is 4.97 Å². The maximum Gasteiger partial charge on any atom is 0.241 e. The minimum absolute atomic E-state index is 0.553. The van der Waals surface area contributed by atoms with E-state index >= 15 is 0 Å². The molecule has 1 aliphatic rings. The Morgan fingerprint density at radius 1 is 1.62 bits per heavy atom. The molecule has 1 rings (SSSR count). The second-order valence-corrected chi connectivity index (χ2v) is 2.42. The first-order valence-corrected chi connectivity index (χ1v) is 3.20. The SMILES string of the molecule is CC(C)N1BCCO1. The highest BCUT2D eigenvalue weighted by molar-refractivity contribution is 6.32. The normalized spacial score (nSPS) is 21.9. The van der Waals surface area contributed by atoms with Gasteiger partial charge in [0.1, 0.15) is 0 Å². The van der Waals surface area contributed by atoms with Gasteiger partial charge in [-0.25, -0.2) is 4.97 Å². The Morgan fingerprint density at radius 2 is 2.38 bits per heavy atom. The van der Waals surface area contributed by atoms with Crippen molar-refractivity contribution in [1.29, 1.82) is 0 Å². The van der Waals surface area contributed by atoms with E-state index in [0.717, 1.165) is 14.0 Å². The van der Waals surface area contributed by atoms with Crippen molar-refractivity contribution >= 4 is 7.41 Å². The molecule has 0 aliphatic carbocycles. The van der Waals surface area contributed by atoms with Crippen molar-refractivity contribution in [3.05, 3.63) is 0 Å². The van der Waals surface area contributed by atoms with Crippen LogP contribution >= 0.6 is 0 Å². The van der Waals surface area contributed by atoms with Crippen molar-refractivity contribution in [2.75, 3.05) is 6.61 Å². The summed E-state index contributed by atoms with van der Waals surface area (Å²) in [6, 6.07) is 0.553. The molecule has 3 heteroatoms. The third-order valence-corrected chi connectivity index (χ3v) is 1.36. The zero-order chi connectivity index (χ0) is 5.98. The Balaban J connectivity index is 2.24. The summed E-state index contributed by atoms with van der Waals surface area (Å²) in [5, 5.41) is 0. The van der Waals surface area contributed by atoms with Crippen LogP contribution in [0.15, 0.2) is 0 Å². The van der Waals surface area contributed by atoms with Crippen LogP contribution in [-0.2, 0) is 4.84 Å². The van der Waals surface area contributed by atoms with Crippen LogP contribution in [0, 0.1) is 0 Å². The van der Waals surface area contributed by atoms with Crippen molar-refractivity contribution in [2.24, 2.45) is 0 Å². The third kappa shape index (κ3) is 1.23. The fourth-order valence-corrected chi connectivity index (χ4v) is 0.874. The van der Waals surface area contributed by atoms with Crippen molar-refractivity contribution in [2.45, 2.75) is 26.2 Å². The van der Waals surface area contributed by atoms with Crippen LogP contribution in [-0.4, -0.2) is 25.0 Å². The molecule has 0 aromatic carbocycles. The lowest BCUT2D eigenvalue weighted by Crippen LogP contribution is -2.27. The number of hydrogen-bond donors (Lipinski definition) is 0. The number of rotatable bonds is 1. The molecule has 0 aromatic heterocycles. The minimum Gasteiger partial charge on any atom is -0.311 e. The zero-order valence-corrected chi connectivity index (χ0v) is 5.55. The van der Waals surface area contributed by atoms with Gasteiger partial charge < -0.3 is 4.84 Å². The van der Waals surface area contributed by atoms with E-state index in [1.54, 1.807) is 0 Å². The first-order valence-electron chi connectivity index (χ1n) is 3.20. The van der Waals surface area contributed by atoms with E-state index in [-0.39, 0.29) is 0 Å². The standard InChI is InChI=1S/C5H12BNO/c1-5(2)7-6-3-4-8-7/h5-6H,3-4H2,1-2H3. The van der Waals surface area contributed by atoms with Gasteiger partial charge in [-0.15, -0.1) is 0 Å². The molecule has 1 fully saturated rings. The Hall–Kier alpha value is -0.0151. The molecule has 0 N–H and O–H groups in total. The highest BCUT2D eigenvalue weighted by Crippen LogP contribution is 2.05. The molecule has 0 unspecified atom stereocenters. The molecule has 0 atom stereocenters. The lowest BCUT2D eigenvalue weighted by Gasteiger charge is -2.17. The molecular formula is C5H12BNO. The van der Waals surface area contributed by atoms with Crippen molar-refractivity contribution in [3.8, 4) is 0 Å². The maximum absolute atomic E-state index is 5.25. The summed E-state index contributed by atoms with van der Waals surface area (Å²) >= 11 is 0. The van der Waals surface area contributed by atoms with Gasteiger partial charge in [-0.05, 0) is 20.2 Å². The first-order chi connectivity index (χ1) is 3.80. The predicted octanol–water partition coefficient (Wildman–Crippen LogP) is 0.412. The van der Waals surface area contributed by atoms with Crippen LogP contribution in [0.25, 0.3) is 0 Å². The molecule has 0 radical (unpaired) electrons. The van der Waals surface area contributed by atoms with Gasteiger partial charge in [0.15, 0.2) is 0 Å². The van der Waals surface area contributed by atoms with Crippen LogP contribution in [0.3, 0.4) is 0 Å². The second-order valence-electron chi connectivity index (χ2n) is 2.42. The van der Waals surface area contributed by atoms with Gasteiger partial charge in [0.05, 0.1) is 6.61 Å². The van der Waals surface area contributed by atoms with Crippen LogP contribution in [0.1, 0.15) is 13.8 Å². The Labute approximate surface area is 51.0 Å². The molecule has 0 aromatic rings. The molecule has 1 saturated heterocycles. The van der Waals surface area contributed by atoms with Crippen LogP contribution < -0.4 is 0 Å². The molecule has 0 bridgehead atoms. The summed E-state index contributed by atoms with van der Waals surface area (Å²) in [7, 11) is 1.11. The summed E-state index contributed by atoms with van der Waals surface area (Å²) in [4.78, 5) is 7.28. The van der Waals surface area contributed by atoms with Gasteiger partial charge >= 0.3 is 0 Å². The van der Waals surface area contributed by atoms with Gasteiger partial charge in [-0.1, -0.05) is 0 Å². The average molecular weight is 113 g/mol.